The molecule has 2 aliphatic heterocycles. The molecular formula is C19H26F3N7O3S. The van der Waals surface area contributed by atoms with E-state index in [9.17, 15) is 21.6 Å². The molecule has 182 valence electrons. The fourth-order valence-electron chi connectivity index (χ4n) is 3.47. The number of rotatable bonds is 3. The highest BCUT2D eigenvalue weighted by Crippen LogP contribution is 2.36. The van der Waals surface area contributed by atoms with E-state index in [1.165, 1.54) is 29.2 Å². The van der Waals surface area contributed by atoms with Gasteiger partial charge < -0.3 is 15.8 Å². The van der Waals surface area contributed by atoms with Crippen molar-refractivity contribution in [3.63, 3.8) is 0 Å². The summed E-state index contributed by atoms with van der Waals surface area (Å²) >= 11 is 0. The molecule has 2 fully saturated rings. The molecule has 3 N–H and O–H groups in total. The van der Waals surface area contributed by atoms with E-state index < -0.39 is 21.8 Å². The number of hydrogen-bond donors (Lipinski definition) is 2. The number of nitrogens with one attached hydrogen (secondary N) is 1. The number of nitrogens with two attached hydrogens (primary N) is 1. The minimum absolute atomic E-state index is 0.107. The number of aromatic nitrogens is 3. The number of anilines is 1. The van der Waals surface area contributed by atoms with Gasteiger partial charge >= 0.3 is 6.18 Å². The Labute approximate surface area is 190 Å². The Bertz CT molecular complexity index is 1010. The van der Waals surface area contributed by atoms with Crippen molar-refractivity contribution in [1.29, 1.82) is 0 Å². The lowest BCUT2D eigenvalue weighted by atomic mass is 10.1. The number of sulfonamides is 1. The van der Waals surface area contributed by atoms with Gasteiger partial charge in [0.25, 0.3) is 0 Å². The zero-order valence-corrected chi connectivity index (χ0v) is 18.8. The van der Waals surface area contributed by atoms with Gasteiger partial charge in [-0.15, -0.1) is 0 Å². The van der Waals surface area contributed by atoms with E-state index in [2.05, 4.69) is 25.2 Å². The molecule has 0 amide bonds. The fraction of sp³-hybridized carbons (Fsp3) is 0.526. The lowest BCUT2D eigenvalue weighted by molar-refractivity contribution is -0.137. The number of nitrogen functional groups attached to an aromatic ring is 1. The highest BCUT2D eigenvalue weighted by atomic mass is 32.2. The minimum atomic E-state index is -4.50. The number of nitrogens with zero attached hydrogens (tertiary/aromatic N) is 5. The second-order valence-corrected chi connectivity index (χ2v) is 9.46. The monoisotopic (exact) mass is 489 g/mol. The molecule has 0 aliphatic carbocycles. The molecule has 0 saturated carbocycles. The molecule has 2 aromatic heterocycles. The molecule has 1 unspecified atom stereocenters. The van der Waals surface area contributed by atoms with Crippen LogP contribution < -0.4 is 11.1 Å². The summed E-state index contributed by atoms with van der Waals surface area (Å²) in [5, 5.41) is 3.28. The second kappa shape index (κ2) is 10.7. The van der Waals surface area contributed by atoms with E-state index >= 15 is 0 Å². The molecule has 4 rings (SSSR count). The van der Waals surface area contributed by atoms with Crippen molar-refractivity contribution < 1.29 is 26.3 Å². The highest BCUT2D eigenvalue weighted by Gasteiger charge is 2.34. The van der Waals surface area contributed by atoms with Crippen LogP contribution >= 0.6 is 0 Å². The van der Waals surface area contributed by atoms with Crippen molar-refractivity contribution in [2.45, 2.75) is 12.4 Å². The van der Waals surface area contributed by atoms with Crippen LogP contribution in [0.3, 0.4) is 0 Å². The Morgan fingerprint density at radius 2 is 1.94 bits per heavy atom. The van der Waals surface area contributed by atoms with Crippen LogP contribution in [0, 0.1) is 0 Å². The Morgan fingerprint density at radius 3 is 2.48 bits per heavy atom. The topological polar surface area (TPSA) is 127 Å². The molecular weight excluding hydrogens is 463 g/mol. The van der Waals surface area contributed by atoms with E-state index in [0.717, 1.165) is 45.0 Å². The molecule has 1 atom stereocenters. The van der Waals surface area contributed by atoms with Gasteiger partial charge in [0.15, 0.2) is 0 Å². The van der Waals surface area contributed by atoms with Gasteiger partial charge in [-0.2, -0.15) is 17.5 Å². The number of alkyl halides is 3. The van der Waals surface area contributed by atoms with Crippen LogP contribution in [-0.4, -0.2) is 90.9 Å². The summed E-state index contributed by atoms with van der Waals surface area (Å²) in [6.07, 6.45) is 0.458. The van der Waals surface area contributed by atoms with Gasteiger partial charge in [0.05, 0.1) is 24.1 Å². The predicted molar refractivity (Wildman–Crippen MR) is 115 cm³/mol. The Balaban J connectivity index is 0.000000186. The first-order valence-electron chi connectivity index (χ1n) is 10.2. The third kappa shape index (κ3) is 7.04. The zero-order valence-electron chi connectivity index (χ0n) is 18.0. The fourth-order valence-corrected chi connectivity index (χ4v) is 4.30. The van der Waals surface area contributed by atoms with Crippen molar-refractivity contribution in [2.75, 3.05) is 57.9 Å². The summed E-state index contributed by atoms with van der Waals surface area (Å²) in [6.45, 7) is 5.10. The van der Waals surface area contributed by atoms with Crippen LogP contribution in [-0.2, 0) is 20.9 Å². The van der Waals surface area contributed by atoms with E-state index in [1.54, 1.807) is 0 Å². The third-order valence-electron chi connectivity index (χ3n) is 5.15. The zero-order chi connectivity index (χ0) is 24.1. The van der Waals surface area contributed by atoms with Crippen molar-refractivity contribution in [2.24, 2.45) is 0 Å². The molecule has 14 heteroatoms. The van der Waals surface area contributed by atoms with Gasteiger partial charge in [0.2, 0.25) is 10.0 Å². The molecule has 2 aliphatic rings. The number of morpholine rings is 1. The Morgan fingerprint density at radius 1 is 1.21 bits per heavy atom. The van der Waals surface area contributed by atoms with Gasteiger partial charge in [0, 0.05) is 57.2 Å². The van der Waals surface area contributed by atoms with Crippen molar-refractivity contribution in [1.82, 2.24) is 29.5 Å². The van der Waals surface area contributed by atoms with Crippen LogP contribution in [0.4, 0.5) is 19.0 Å². The SMILES string of the molecule is CS(=O)(=O)N1CCN(C2CNCCO2)CC1.Nc1cc(C(F)(F)F)c(-c2ccncn2)cn1. The van der Waals surface area contributed by atoms with E-state index in [4.69, 9.17) is 10.5 Å². The molecule has 4 heterocycles. The smallest absolute Gasteiger partial charge is 0.384 e. The first-order chi connectivity index (χ1) is 15.6. The van der Waals surface area contributed by atoms with Crippen LogP contribution in [0.15, 0.2) is 30.9 Å². The maximum Gasteiger partial charge on any atom is 0.417 e. The molecule has 2 saturated heterocycles. The van der Waals surface area contributed by atoms with E-state index in [1.807, 2.05) is 0 Å². The molecule has 0 aromatic carbocycles. The summed E-state index contributed by atoms with van der Waals surface area (Å²) in [7, 11) is -3.03. The number of ether oxygens (including phenoxy) is 1. The highest BCUT2D eigenvalue weighted by molar-refractivity contribution is 7.88. The van der Waals surface area contributed by atoms with Crippen molar-refractivity contribution >= 4 is 15.8 Å². The van der Waals surface area contributed by atoms with Gasteiger partial charge in [0.1, 0.15) is 18.4 Å². The normalized spacial score (nSPS) is 20.7. The van der Waals surface area contributed by atoms with Crippen molar-refractivity contribution in [3.05, 3.63) is 36.4 Å². The molecule has 10 nitrogen and oxygen atoms in total. The number of pyridine rings is 1. The van der Waals surface area contributed by atoms with Crippen LogP contribution in [0.2, 0.25) is 0 Å². The molecule has 33 heavy (non-hydrogen) atoms. The first kappa shape index (κ1) is 25.2. The summed E-state index contributed by atoms with van der Waals surface area (Å²) in [4.78, 5) is 13.3. The molecule has 2 aromatic rings. The van der Waals surface area contributed by atoms with Gasteiger partial charge in [-0.1, -0.05) is 0 Å². The Hall–Kier alpha value is -2.39. The lowest BCUT2D eigenvalue weighted by Gasteiger charge is -2.39. The third-order valence-corrected chi connectivity index (χ3v) is 6.45. The van der Waals surface area contributed by atoms with Crippen LogP contribution in [0.5, 0.6) is 0 Å². The van der Waals surface area contributed by atoms with Gasteiger partial charge in [-0.3, -0.25) is 4.90 Å². The average molecular weight is 490 g/mol. The van der Waals surface area contributed by atoms with E-state index in [-0.39, 0.29) is 23.3 Å². The molecule has 0 radical (unpaired) electrons. The maximum absolute atomic E-state index is 12.8. The summed E-state index contributed by atoms with van der Waals surface area (Å²) in [5.74, 6) is -0.185. The van der Waals surface area contributed by atoms with Gasteiger partial charge in [-0.25, -0.2) is 23.4 Å². The average Bonchev–Trinajstić information content (AvgIpc) is 2.80. The number of piperazine rings is 1. The first-order valence-corrected chi connectivity index (χ1v) is 12.0. The van der Waals surface area contributed by atoms with E-state index in [0.29, 0.717) is 13.1 Å². The minimum Gasteiger partial charge on any atom is -0.384 e. The number of hydrogen-bond acceptors (Lipinski definition) is 9. The summed E-state index contributed by atoms with van der Waals surface area (Å²) in [6, 6.07) is 2.17. The second-order valence-electron chi connectivity index (χ2n) is 7.47. The summed E-state index contributed by atoms with van der Waals surface area (Å²) < 4.78 is 68.2. The molecule has 0 spiro atoms. The lowest BCUT2D eigenvalue weighted by Crippen LogP contribution is -2.56. The van der Waals surface area contributed by atoms with Crippen LogP contribution in [0.1, 0.15) is 5.56 Å². The number of halogens is 3. The van der Waals surface area contributed by atoms with Crippen molar-refractivity contribution in [3.8, 4) is 11.3 Å². The summed E-state index contributed by atoms with van der Waals surface area (Å²) in [5.41, 5.74) is 4.44. The maximum atomic E-state index is 12.8. The quantitative estimate of drug-likeness (QED) is 0.639. The Kier molecular flexibility index (Phi) is 8.18. The van der Waals surface area contributed by atoms with Crippen LogP contribution in [0.25, 0.3) is 11.3 Å². The predicted octanol–water partition coefficient (Wildman–Crippen LogP) is 0.649. The largest absolute Gasteiger partial charge is 0.417 e. The standard InChI is InChI=1S/C10H7F3N4.C9H19N3O3S/c11-10(12,13)7-3-9(14)16-4-6(7)8-1-2-15-5-17-8;1-16(13,14)12-5-3-11(4-6-12)9-8-10-2-7-15-9/h1-5H,(H2,14,16);9-10H,2-8H2,1H3. The molecule has 0 bridgehead atoms. The van der Waals surface area contributed by atoms with Gasteiger partial charge in [-0.05, 0) is 12.1 Å².